The zero-order chi connectivity index (χ0) is 23.4. The fourth-order valence-electron chi connectivity index (χ4n) is 3.55. The number of ether oxygens (including phenoxy) is 2. The predicted molar refractivity (Wildman–Crippen MR) is 120 cm³/mol. The third-order valence-corrected chi connectivity index (χ3v) is 5.08. The monoisotopic (exact) mass is 438 g/mol. The second-order valence-corrected chi connectivity index (χ2v) is 7.16. The molecule has 1 aliphatic rings. The van der Waals surface area contributed by atoms with Crippen molar-refractivity contribution in [3.05, 3.63) is 95.1 Å². The molecule has 7 heteroatoms. The Morgan fingerprint density at radius 2 is 1.64 bits per heavy atom. The lowest BCUT2D eigenvalue weighted by Crippen LogP contribution is -2.36. The van der Waals surface area contributed by atoms with Crippen LogP contribution in [0, 0.1) is 11.3 Å². The minimum atomic E-state index is -0.754. The zero-order valence-electron chi connectivity index (χ0n) is 17.6. The van der Waals surface area contributed by atoms with Crippen molar-refractivity contribution < 1.29 is 23.9 Å². The molecule has 162 valence electrons. The number of esters is 1. The minimum Gasteiger partial charge on any atom is -0.496 e. The molecule has 0 aliphatic carbocycles. The summed E-state index contributed by atoms with van der Waals surface area (Å²) in [6.07, 6.45) is 1.65. The number of amides is 2. The fraction of sp³-hybridized carbons (Fsp3) is 0.0769. The standard InChI is InChI=1S/C26H18N2O5/c1-32-23-12-5-4-9-20(23)18(15-27)13-17-7-6-8-19(14-17)33-24(29)16-28-25(30)21-10-2-3-11-22(21)26(28)31/h2-14H,16H2,1H3/b18-13-. The van der Waals surface area contributed by atoms with Crippen molar-refractivity contribution in [3.8, 4) is 17.6 Å². The van der Waals surface area contributed by atoms with E-state index in [9.17, 15) is 19.6 Å². The maximum atomic E-state index is 12.5. The summed E-state index contributed by atoms with van der Waals surface area (Å²) in [4.78, 5) is 38.2. The maximum Gasteiger partial charge on any atom is 0.331 e. The van der Waals surface area contributed by atoms with Crippen LogP contribution < -0.4 is 9.47 Å². The highest BCUT2D eigenvalue weighted by Gasteiger charge is 2.36. The Kier molecular flexibility index (Phi) is 6.00. The number of allylic oxidation sites excluding steroid dienone is 1. The van der Waals surface area contributed by atoms with E-state index in [4.69, 9.17) is 9.47 Å². The molecule has 0 saturated heterocycles. The molecule has 0 unspecified atom stereocenters. The smallest absolute Gasteiger partial charge is 0.331 e. The Labute approximate surface area is 190 Å². The number of benzene rings is 3. The molecule has 0 spiro atoms. The Morgan fingerprint density at radius 3 is 2.30 bits per heavy atom. The van der Waals surface area contributed by atoms with E-state index >= 15 is 0 Å². The summed E-state index contributed by atoms with van der Waals surface area (Å²) in [5, 5.41) is 9.63. The third kappa shape index (κ3) is 4.36. The first kappa shape index (κ1) is 21.5. The normalized spacial score (nSPS) is 12.8. The lowest BCUT2D eigenvalue weighted by molar-refractivity contribution is -0.134. The second-order valence-electron chi connectivity index (χ2n) is 7.16. The van der Waals surface area contributed by atoms with Crippen LogP contribution in [-0.4, -0.2) is 36.3 Å². The van der Waals surface area contributed by atoms with Crippen LogP contribution in [0.4, 0.5) is 0 Å². The molecule has 1 aliphatic heterocycles. The van der Waals surface area contributed by atoms with E-state index < -0.39 is 24.3 Å². The molecule has 33 heavy (non-hydrogen) atoms. The molecule has 0 radical (unpaired) electrons. The SMILES string of the molecule is COc1ccccc1/C(C#N)=C\c1cccc(OC(=O)CN2C(=O)c3ccccc3C2=O)c1. The zero-order valence-corrected chi connectivity index (χ0v) is 17.6. The van der Waals surface area contributed by atoms with Gasteiger partial charge in [-0.2, -0.15) is 5.26 Å². The lowest BCUT2D eigenvalue weighted by Gasteiger charge is -2.13. The summed E-state index contributed by atoms with van der Waals surface area (Å²) in [6, 6.07) is 22.3. The fourth-order valence-corrected chi connectivity index (χ4v) is 3.55. The van der Waals surface area contributed by atoms with Gasteiger partial charge in [-0.05, 0) is 48.0 Å². The van der Waals surface area contributed by atoms with Crippen molar-refractivity contribution in [2.45, 2.75) is 0 Å². The summed E-state index contributed by atoms with van der Waals surface area (Å²) in [6.45, 7) is -0.503. The number of para-hydroxylation sites is 1. The molecule has 3 aromatic carbocycles. The molecular formula is C26H18N2O5. The summed E-state index contributed by atoms with van der Waals surface area (Å²) < 4.78 is 10.7. The van der Waals surface area contributed by atoms with E-state index in [1.807, 2.05) is 6.07 Å². The number of imide groups is 1. The van der Waals surface area contributed by atoms with Crippen molar-refractivity contribution in [1.29, 1.82) is 5.26 Å². The summed E-state index contributed by atoms with van der Waals surface area (Å²) in [5.41, 5.74) is 2.17. The summed E-state index contributed by atoms with van der Waals surface area (Å²) in [7, 11) is 1.53. The number of hydrogen-bond donors (Lipinski definition) is 0. The number of nitrogens with zero attached hydrogens (tertiary/aromatic N) is 2. The van der Waals surface area contributed by atoms with Gasteiger partial charge < -0.3 is 9.47 Å². The molecule has 0 fully saturated rings. The van der Waals surface area contributed by atoms with E-state index in [1.54, 1.807) is 72.8 Å². The average molecular weight is 438 g/mol. The number of nitriles is 1. The summed E-state index contributed by atoms with van der Waals surface area (Å²) in [5.74, 6) is -1.02. The molecular weight excluding hydrogens is 420 g/mol. The van der Waals surface area contributed by atoms with Gasteiger partial charge in [0.15, 0.2) is 0 Å². The van der Waals surface area contributed by atoms with Crippen molar-refractivity contribution in [2.75, 3.05) is 13.7 Å². The average Bonchev–Trinajstić information content (AvgIpc) is 3.07. The van der Waals surface area contributed by atoms with E-state index in [2.05, 4.69) is 6.07 Å². The van der Waals surface area contributed by atoms with E-state index in [0.29, 0.717) is 22.4 Å². The highest BCUT2D eigenvalue weighted by molar-refractivity contribution is 6.22. The minimum absolute atomic E-state index is 0.225. The van der Waals surface area contributed by atoms with Gasteiger partial charge in [0.25, 0.3) is 11.8 Å². The molecule has 3 aromatic rings. The van der Waals surface area contributed by atoms with Crippen molar-refractivity contribution in [2.24, 2.45) is 0 Å². The van der Waals surface area contributed by atoms with Crippen LogP contribution >= 0.6 is 0 Å². The highest BCUT2D eigenvalue weighted by atomic mass is 16.5. The van der Waals surface area contributed by atoms with Gasteiger partial charge in [0.2, 0.25) is 0 Å². The van der Waals surface area contributed by atoms with Crippen LogP contribution in [0.2, 0.25) is 0 Å². The number of fused-ring (bicyclic) bond motifs is 1. The largest absolute Gasteiger partial charge is 0.496 e. The molecule has 0 aromatic heterocycles. The molecule has 0 saturated carbocycles. The van der Waals surface area contributed by atoms with Crippen molar-refractivity contribution in [3.63, 3.8) is 0 Å². The van der Waals surface area contributed by atoms with Crippen LogP contribution in [0.5, 0.6) is 11.5 Å². The molecule has 0 bridgehead atoms. The Balaban J connectivity index is 1.50. The van der Waals surface area contributed by atoms with Crippen LogP contribution in [0.25, 0.3) is 11.6 Å². The van der Waals surface area contributed by atoms with E-state index in [-0.39, 0.29) is 16.9 Å². The van der Waals surface area contributed by atoms with Gasteiger partial charge >= 0.3 is 5.97 Å². The molecule has 1 heterocycles. The number of methoxy groups -OCH3 is 1. The van der Waals surface area contributed by atoms with Gasteiger partial charge in [-0.3, -0.25) is 14.5 Å². The molecule has 0 N–H and O–H groups in total. The quantitative estimate of drug-likeness (QED) is 0.190. The molecule has 2 amide bonds. The second kappa shape index (κ2) is 9.20. The van der Waals surface area contributed by atoms with Crippen LogP contribution in [0.3, 0.4) is 0 Å². The Bertz CT molecular complexity index is 1300. The van der Waals surface area contributed by atoms with Crippen molar-refractivity contribution in [1.82, 2.24) is 4.90 Å². The lowest BCUT2D eigenvalue weighted by atomic mass is 10.0. The molecule has 7 nitrogen and oxygen atoms in total. The van der Waals surface area contributed by atoms with Gasteiger partial charge in [-0.25, -0.2) is 4.79 Å². The van der Waals surface area contributed by atoms with Gasteiger partial charge in [0.05, 0.1) is 29.9 Å². The third-order valence-electron chi connectivity index (χ3n) is 5.08. The van der Waals surface area contributed by atoms with Gasteiger partial charge in [0, 0.05) is 5.56 Å². The maximum absolute atomic E-state index is 12.5. The Morgan fingerprint density at radius 1 is 0.970 bits per heavy atom. The predicted octanol–water partition coefficient (Wildman–Crippen LogP) is 3.96. The number of rotatable bonds is 6. The molecule has 0 atom stereocenters. The van der Waals surface area contributed by atoms with Crippen LogP contribution in [0.15, 0.2) is 72.8 Å². The number of carbonyl (C=O) groups excluding carboxylic acids is 3. The van der Waals surface area contributed by atoms with Crippen LogP contribution in [0.1, 0.15) is 31.8 Å². The first-order chi connectivity index (χ1) is 16.0. The molecule has 4 rings (SSSR count). The summed E-state index contributed by atoms with van der Waals surface area (Å²) >= 11 is 0. The van der Waals surface area contributed by atoms with Gasteiger partial charge in [0.1, 0.15) is 18.0 Å². The Hall–Kier alpha value is -4.70. The van der Waals surface area contributed by atoms with Crippen molar-refractivity contribution >= 4 is 29.4 Å². The first-order valence-electron chi connectivity index (χ1n) is 10.0. The van der Waals surface area contributed by atoms with E-state index in [0.717, 1.165) is 4.90 Å². The number of hydrogen-bond acceptors (Lipinski definition) is 6. The van der Waals surface area contributed by atoms with Gasteiger partial charge in [-0.1, -0.05) is 36.4 Å². The number of carbonyl (C=O) groups is 3. The highest BCUT2D eigenvalue weighted by Crippen LogP contribution is 2.28. The van der Waals surface area contributed by atoms with Crippen LogP contribution in [-0.2, 0) is 4.79 Å². The topological polar surface area (TPSA) is 96.7 Å². The van der Waals surface area contributed by atoms with E-state index in [1.165, 1.54) is 7.11 Å². The van der Waals surface area contributed by atoms with Gasteiger partial charge in [-0.15, -0.1) is 0 Å². The first-order valence-corrected chi connectivity index (χ1v) is 10.0.